The Morgan fingerprint density at radius 1 is 0.947 bits per heavy atom. The van der Waals surface area contributed by atoms with E-state index in [0.717, 1.165) is 4.47 Å². The molecule has 5 heteroatoms. The Morgan fingerprint density at radius 2 is 1.53 bits per heavy atom. The quantitative estimate of drug-likeness (QED) is 0.606. The van der Waals surface area contributed by atoms with E-state index in [1.165, 1.54) is 0 Å². The summed E-state index contributed by atoms with van der Waals surface area (Å²) in [5.41, 5.74) is 0.221. The third-order valence-electron chi connectivity index (χ3n) is 2.59. The van der Waals surface area contributed by atoms with Crippen LogP contribution in [-0.2, 0) is 6.42 Å². The van der Waals surface area contributed by atoms with Crippen molar-refractivity contribution in [3.8, 4) is 0 Å². The van der Waals surface area contributed by atoms with E-state index in [1.807, 2.05) is 0 Å². The van der Waals surface area contributed by atoms with E-state index in [9.17, 15) is 18.0 Å². The summed E-state index contributed by atoms with van der Waals surface area (Å²) in [5.74, 6) is -4.20. The van der Waals surface area contributed by atoms with Crippen molar-refractivity contribution in [2.24, 2.45) is 0 Å². The summed E-state index contributed by atoms with van der Waals surface area (Å²) in [6.07, 6.45) is -0.0741. The van der Waals surface area contributed by atoms with Gasteiger partial charge in [-0.05, 0) is 23.8 Å². The normalized spacial score (nSPS) is 10.5. The Kier molecular flexibility index (Phi) is 4.04. The third kappa shape index (κ3) is 3.23. The molecule has 0 aromatic heterocycles. The average Bonchev–Trinajstić information content (AvgIpc) is 2.36. The standard InChI is InChI=1S/C14H8BrF3O/c15-9-3-1-8(2-4-9)5-14(19)10-6-12(17)13(18)7-11(10)16/h1-4,6-7H,5H2. The minimum Gasteiger partial charge on any atom is -0.294 e. The zero-order chi connectivity index (χ0) is 14.0. The molecule has 2 rings (SSSR count). The van der Waals surface area contributed by atoms with Crippen LogP contribution in [0.4, 0.5) is 13.2 Å². The summed E-state index contributed by atoms with van der Waals surface area (Å²) in [7, 11) is 0. The molecular formula is C14H8BrF3O. The van der Waals surface area contributed by atoms with Gasteiger partial charge in [0, 0.05) is 17.0 Å². The van der Waals surface area contributed by atoms with Crippen molar-refractivity contribution in [3.05, 3.63) is 69.4 Å². The van der Waals surface area contributed by atoms with Crippen LogP contribution >= 0.6 is 15.9 Å². The van der Waals surface area contributed by atoms with Crippen molar-refractivity contribution in [1.29, 1.82) is 0 Å². The van der Waals surface area contributed by atoms with Gasteiger partial charge in [0.2, 0.25) is 0 Å². The minimum absolute atomic E-state index is 0.0741. The van der Waals surface area contributed by atoms with E-state index >= 15 is 0 Å². The molecule has 98 valence electrons. The number of hydrogen-bond donors (Lipinski definition) is 0. The Labute approximate surface area is 116 Å². The summed E-state index contributed by atoms with van der Waals surface area (Å²) in [4.78, 5) is 11.8. The molecule has 0 spiro atoms. The first-order valence-electron chi connectivity index (χ1n) is 5.39. The molecule has 0 saturated heterocycles. The fourth-order valence-corrected chi connectivity index (χ4v) is 1.88. The third-order valence-corrected chi connectivity index (χ3v) is 3.12. The van der Waals surface area contributed by atoms with Crippen LogP contribution in [0.25, 0.3) is 0 Å². The van der Waals surface area contributed by atoms with E-state index in [0.29, 0.717) is 17.7 Å². The van der Waals surface area contributed by atoms with Gasteiger partial charge in [0.25, 0.3) is 0 Å². The lowest BCUT2D eigenvalue weighted by atomic mass is 10.0. The highest BCUT2D eigenvalue weighted by atomic mass is 79.9. The molecular weight excluding hydrogens is 321 g/mol. The van der Waals surface area contributed by atoms with Crippen LogP contribution in [0.5, 0.6) is 0 Å². The van der Waals surface area contributed by atoms with Gasteiger partial charge in [0.05, 0.1) is 5.56 Å². The molecule has 2 aromatic carbocycles. The molecule has 0 aliphatic heterocycles. The largest absolute Gasteiger partial charge is 0.294 e. The fourth-order valence-electron chi connectivity index (χ4n) is 1.62. The lowest BCUT2D eigenvalue weighted by Crippen LogP contribution is -2.07. The first kappa shape index (κ1) is 13.8. The van der Waals surface area contributed by atoms with Crippen LogP contribution < -0.4 is 0 Å². The number of carbonyl (C=O) groups is 1. The van der Waals surface area contributed by atoms with E-state index < -0.39 is 28.8 Å². The molecule has 19 heavy (non-hydrogen) atoms. The number of benzene rings is 2. The molecule has 0 N–H and O–H groups in total. The van der Waals surface area contributed by atoms with Gasteiger partial charge in [-0.3, -0.25) is 4.79 Å². The molecule has 0 radical (unpaired) electrons. The van der Waals surface area contributed by atoms with Crippen molar-refractivity contribution in [2.45, 2.75) is 6.42 Å². The van der Waals surface area contributed by atoms with Crippen LogP contribution in [0.1, 0.15) is 15.9 Å². The summed E-state index contributed by atoms with van der Waals surface area (Å²) >= 11 is 3.25. The lowest BCUT2D eigenvalue weighted by molar-refractivity contribution is 0.0988. The second-order valence-electron chi connectivity index (χ2n) is 3.97. The van der Waals surface area contributed by atoms with Crippen molar-refractivity contribution in [3.63, 3.8) is 0 Å². The highest BCUT2D eigenvalue weighted by molar-refractivity contribution is 9.10. The number of carbonyl (C=O) groups excluding carboxylic acids is 1. The molecule has 0 fully saturated rings. The Balaban J connectivity index is 2.25. The maximum atomic E-state index is 13.4. The van der Waals surface area contributed by atoms with Gasteiger partial charge in [-0.2, -0.15) is 0 Å². The van der Waals surface area contributed by atoms with Crippen LogP contribution in [-0.4, -0.2) is 5.78 Å². The van der Waals surface area contributed by atoms with Crippen molar-refractivity contribution in [1.82, 2.24) is 0 Å². The van der Waals surface area contributed by atoms with Gasteiger partial charge < -0.3 is 0 Å². The molecule has 0 bridgehead atoms. The molecule has 0 amide bonds. The number of rotatable bonds is 3. The Bertz CT molecular complexity index is 623. The number of halogens is 4. The zero-order valence-corrected chi connectivity index (χ0v) is 11.2. The molecule has 1 nitrogen and oxygen atoms in total. The number of Topliss-reactive ketones (excluding diaryl/α,β-unsaturated/α-hetero) is 1. The monoisotopic (exact) mass is 328 g/mol. The van der Waals surface area contributed by atoms with E-state index in [4.69, 9.17) is 0 Å². The molecule has 0 heterocycles. The van der Waals surface area contributed by atoms with Gasteiger partial charge in [-0.15, -0.1) is 0 Å². The van der Waals surface area contributed by atoms with Crippen LogP contribution in [0.3, 0.4) is 0 Å². The van der Waals surface area contributed by atoms with E-state index in [1.54, 1.807) is 24.3 Å². The van der Waals surface area contributed by atoms with E-state index in [-0.39, 0.29) is 6.42 Å². The van der Waals surface area contributed by atoms with Gasteiger partial charge in [0.1, 0.15) is 5.82 Å². The SMILES string of the molecule is O=C(Cc1ccc(Br)cc1)c1cc(F)c(F)cc1F. The average molecular weight is 329 g/mol. The van der Waals surface area contributed by atoms with Crippen molar-refractivity contribution < 1.29 is 18.0 Å². The molecule has 0 unspecified atom stereocenters. The second kappa shape index (κ2) is 5.57. The molecule has 0 atom stereocenters. The Hall–Kier alpha value is -1.62. The van der Waals surface area contributed by atoms with Crippen molar-refractivity contribution >= 4 is 21.7 Å². The highest BCUT2D eigenvalue weighted by Gasteiger charge is 2.16. The van der Waals surface area contributed by atoms with Crippen molar-refractivity contribution in [2.75, 3.05) is 0 Å². The second-order valence-corrected chi connectivity index (χ2v) is 4.89. The maximum absolute atomic E-state index is 13.4. The predicted octanol–water partition coefficient (Wildman–Crippen LogP) is 4.29. The first-order chi connectivity index (χ1) is 8.97. The first-order valence-corrected chi connectivity index (χ1v) is 6.19. The Morgan fingerprint density at radius 3 is 2.16 bits per heavy atom. The van der Waals surface area contributed by atoms with Gasteiger partial charge in [-0.1, -0.05) is 28.1 Å². The molecule has 2 aromatic rings. The van der Waals surface area contributed by atoms with Gasteiger partial charge in [-0.25, -0.2) is 13.2 Å². The summed E-state index contributed by atoms with van der Waals surface area (Å²) in [5, 5.41) is 0. The summed E-state index contributed by atoms with van der Waals surface area (Å²) in [6.45, 7) is 0. The summed E-state index contributed by atoms with van der Waals surface area (Å²) < 4.78 is 40.0. The smallest absolute Gasteiger partial charge is 0.170 e. The predicted molar refractivity (Wildman–Crippen MR) is 68.5 cm³/mol. The maximum Gasteiger partial charge on any atom is 0.170 e. The van der Waals surface area contributed by atoms with E-state index in [2.05, 4.69) is 15.9 Å². The minimum atomic E-state index is -1.31. The lowest BCUT2D eigenvalue weighted by Gasteiger charge is -2.04. The van der Waals surface area contributed by atoms with Crippen LogP contribution in [0.15, 0.2) is 40.9 Å². The highest BCUT2D eigenvalue weighted by Crippen LogP contribution is 2.17. The topological polar surface area (TPSA) is 17.1 Å². The fraction of sp³-hybridized carbons (Fsp3) is 0.0714. The molecule has 0 saturated carbocycles. The summed E-state index contributed by atoms with van der Waals surface area (Å²) in [6, 6.07) is 7.84. The molecule has 0 aliphatic rings. The van der Waals surface area contributed by atoms with Gasteiger partial charge in [0.15, 0.2) is 17.4 Å². The van der Waals surface area contributed by atoms with Crippen LogP contribution in [0.2, 0.25) is 0 Å². The van der Waals surface area contributed by atoms with Gasteiger partial charge >= 0.3 is 0 Å². The molecule has 0 aliphatic carbocycles. The zero-order valence-electron chi connectivity index (χ0n) is 9.59. The van der Waals surface area contributed by atoms with Crippen LogP contribution in [0, 0.1) is 17.5 Å². The number of ketones is 1. The number of hydrogen-bond acceptors (Lipinski definition) is 1.